The minimum Gasteiger partial charge on any atom is -0.501 e. The largest absolute Gasteiger partial charge is 0.501 e. The Bertz CT molecular complexity index is 307. The first-order valence-corrected chi connectivity index (χ1v) is 4.49. The van der Waals surface area contributed by atoms with Crippen molar-refractivity contribution in [3.8, 4) is 0 Å². The molecule has 0 aliphatic heterocycles. The summed E-state index contributed by atoms with van der Waals surface area (Å²) in [7, 11) is 4.10. The molecular formula is C10H14O5. The van der Waals surface area contributed by atoms with Gasteiger partial charge in [-0.15, -0.1) is 0 Å². The predicted octanol–water partition coefficient (Wildman–Crippen LogP) is 0.643. The Hall–Kier alpha value is -1.52. The number of ether oxygens (including phenoxy) is 3. The van der Waals surface area contributed by atoms with Crippen molar-refractivity contribution in [2.75, 3.05) is 21.3 Å². The number of rotatable bonds is 4. The zero-order chi connectivity index (χ0) is 11.5. The van der Waals surface area contributed by atoms with Crippen LogP contribution in [0.5, 0.6) is 0 Å². The van der Waals surface area contributed by atoms with Gasteiger partial charge in [-0.05, 0) is 6.08 Å². The summed E-state index contributed by atoms with van der Waals surface area (Å²) in [6, 6.07) is 0. The van der Waals surface area contributed by atoms with E-state index in [1.807, 2.05) is 0 Å². The van der Waals surface area contributed by atoms with Gasteiger partial charge >= 0.3 is 11.9 Å². The maximum atomic E-state index is 11.5. The number of methoxy groups -OCH3 is 3. The van der Waals surface area contributed by atoms with Crippen LogP contribution < -0.4 is 0 Å². The maximum Gasteiger partial charge on any atom is 0.316 e. The fourth-order valence-electron chi connectivity index (χ4n) is 1.57. The Morgan fingerprint density at radius 3 is 2.33 bits per heavy atom. The first-order chi connectivity index (χ1) is 7.07. The minimum absolute atomic E-state index is 0.0109. The molecule has 0 saturated carbocycles. The molecule has 0 saturated heterocycles. The van der Waals surface area contributed by atoms with E-state index in [4.69, 9.17) is 4.74 Å². The zero-order valence-electron chi connectivity index (χ0n) is 9.03. The van der Waals surface area contributed by atoms with Gasteiger partial charge in [-0.25, -0.2) is 0 Å². The highest BCUT2D eigenvalue weighted by atomic mass is 16.5. The Kier molecular flexibility index (Phi) is 3.34. The standard InChI is InChI=1S/C10H14O5/c1-13-7-4-10(5-7,9(12)15-3)6-8(11)14-2/h4H,5-6H2,1-3H3. The Morgan fingerprint density at radius 1 is 1.33 bits per heavy atom. The van der Waals surface area contributed by atoms with E-state index in [1.54, 1.807) is 6.08 Å². The Balaban J connectivity index is 2.78. The second-order valence-corrected chi connectivity index (χ2v) is 3.39. The van der Waals surface area contributed by atoms with Gasteiger partial charge in [0.15, 0.2) is 0 Å². The van der Waals surface area contributed by atoms with Crippen molar-refractivity contribution in [1.82, 2.24) is 0 Å². The van der Waals surface area contributed by atoms with Crippen molar-refractivity contribution in [3.05, 3.63) is 11.8 Å². The molecule has 0 amide bonds. The molecule has 0 radical (unpaired) electrons. The lowest BCUT2D eigenvalue weighted by Crippen LogP contribution is -2.39. The topological polar surface area (TPSA) is 61.8 Å². The molecule has 1 rings (SSSR count). The van der Waals surface area contributed by atoms with Gasteiger partial charge in [-0.3, -0.25) is 9.59 Å². The summed E-state index contributed by atoms with van der Waals surface area (Å²) in [5, 5.41) is 0. The molecule has 84 valence electrons. The van der Waals surface area contributed by atoms with E-state index in [0.717, 1.165) is 0 Å². The third-order valence-electron chi connectivity index (χ3n) is 2.47. The van der Waals surface area contributed by atoms with Gasteiger partial charge in [0.1, 0.15) is 5.41 Å². The molecule has 15 heavy (non-hydrogen) atoms. The quantitative estimate of drug-likeness (QED) is 0.643. The summed E-state index contributed by atoms with van der Waals surface area (Å²) >= 11 is 0. The van der Waals surface area contributed by atoms with Crippen LogP contribution in [-0.4, -0.2) is 33.3 Å². The number of carbonyl (C=O) groups is 2. The Labute approximate surface area is 88.0 Å². The van der Waals surface area contributed by atoms with E-state index in [1.165, 1.54) is 21.3 Å². The fraction of sp³-hybridized carbons (Fsp3) is 0.600. The normalized spacial score (nSPS) is 23.5. The third kappa shape index (κ3) is 2.11. The highest BCUT2D eigenvalue weighted by Crippen LogP contribution is 2.43. The average molecular weight is 214 g/mol. The minimum atomic E-state index is -0.896. The molecule has 0 N–H and O–H groups in total. The molecule has 5 nitrogen and oxygen atoms in total. The highest BCUT2D eigenvalue weighted by molar-refractivity contribution is 5.87. The van der Waals surface area contributed by atoms with Crippen LogP contribution >= 0.6 is 0 Å². The summed E-state index contributed by atoms with van der Waals surface area (Å²) in [5.41, 5.74) is -0.896. The van der Waals surface area contributed by atoms with Gasteiger partial charge in [0.2, 0.25) is 0 Å². The van der Waals surface area contributed by atoms with Crippen LogP contribution in [0.25, 0.3) is 0 Å². The molecule has 0 aromatic rings. The van der Waals surface area contributed by atoms with Crippen LogP contribution in [-0.2, 0) is 23.8 Å². The summed E-state index contributed by atoms with van der Waals surface area (Å²) < 4.78 is 14.1. The first-order valence-electron chi connectivity index (χ1n) is 4.49. The van der Waals surface area contributed by atoms with Crippen molar-refractivity contribution in [1.29, 1.82) is 0 Å². The first kappa shape index (κ1) is 11.6. The summed E-state index contributed by atoms with van der Waals surface area (Å²) in [6.45, 7) is 0. The number of carbonyl (C=O) groups excluding carboxylic acids is 2. The van der Waals surface area contributed by atoms with Crippen LogP contribution in [0.4, 0.5) is 0 Å². The lowest BCUT2D eigenvalue weighted by Gasteiger charge is -2.34. The monoisotopic (exact) mass is 214 g/mol. The molecular weight excluding hydrogens is 200 g/mol. The summed E-state index contributed by atoms with van der Waals surface area (Å²) in [6.07, 6.45) is 1.98. The van der Waals surface area contributed by atoms with Crippen LogP contribution in [0.1, 0.15) is 12.8 Å². The van der Waals surface area contributed by atoms with Crippen LogP contribution in [0, 0.1) is 5.41 Å². The van der Waals surface area contributed by atoms with Crippen LogP contribution in [0.3, 0.4) is 0 Å². The van der Waals surface area contributed by atoms with E-state index < -0.39 is 17.4 Å². The zero-order valence-corrected chi connectivity index (χ0v) is 9.03. The third-order valence-corrected chi connectivity index (χ3v) is 2.47. The van der Waals surface area contributed by atoms with Gasteiger partial charge in [0, 0.05) is 6.42 Å². The number of hydrogen-bond donors (Lipinski definition) is 0. The molecule has 5 heteroatoms. The van der Waals surface area contributed by atoms with Gasteiger partial charge in [0.05, 0.1) is 33.5 Å². The molecule has 0 heterocycles. The van der Waals surface area contributed by atoms with E-state index >= 15 is 0 Å². The summed E-state index contributed by atoms with van der Waals surface area (Å²) in [4.78, 5) is 22.6. The fourth-order valence-corrected chi connectivity index (χ4v) is 1.57. The molecule has 0 aromatic heterocycles. The molecule has 1 aliphatic carbocycles. The van der Waals surface area contributed by atoms with E-state index in [9.17, 15) is 9.59 Å². The van der Waals surface area contributed by atoms with E-state index in [-0.39, 0.29) is 6.42 Å². The summed E-state index contributed by atoms with van der Waals surface area (Å²) in [5.74, 6) is -0.190. The van der Waals surface area contributed by atoms with Crippen LogP contribution in [0.15, 0.2) is 11.8 Å². The second kappa shape index (κ2) is 4.33. The van der Waals surface area contributed by atoms with Gasteiger partial charge < -0.3 is 14.2 Å². The Morgan fingerprint density at radius 2 is 1.93 bits per heavy atom. The van der Waals surface area contributed by atoms with Crippen molar-refractivity contribution in [3.63, 3.8) is 0 Å². The average Bonchev–Trinajstić information content (AvgIpc) is 2.21. The number of allylic oxidation sites excluding steroid dienone is 1. The number of hydrogen-bond acceptors (Lipinski definition) is 5. The van der Waals surface area contributed by atoms with Crippen molar-refractivity contribution in [2.45, 2.75) is 12.8 Å². The SMILES string of the molecule is COC(=O)CC1(C(=O)OC)C=C(OC)C1. The molecule has 0 bridgehead atoms. The van der Waals surface area contributed by atoms with E-state index in [0.29, 0.717) is 12.2 Å². The van der Waals surface area contributed by atoms with Crippen molar-refractivity contribution >= 4 is 11.9 Å². The molecule has 0 spiro atoms. The van der Waals surface area contributed by atoms with Crippen molar-refractivity contribution < 1.29 is 23.8 Å². The lowest BCUT2D eigenvalue weighted by atomic mass is 9.72. The van der Waals surface area contributed by atoms with Gasteiger partial charge in [0.25, 0.3) is 0 Å². The molecule has 0 aromatic carbocycles. The molecule has 1 atom stereocenters. The smallest absolute Gasteiger partial charge is 0.316 e. The van der Waals surface area contributed by atoms with Crippen molar-refractivity contribution in [2.24, 2.45) is 5.41 Å². The molecule has 1 unspecified atom stereocenters. The van der Waals surface area contributed by atoms with Gasteiger partial charge in [-0.2, -0.15) is 0 Å². The second-order valence-electron chi connectivity index (χ2n) is 3.39. The maximum absolute atomic E-state index is 11.5. The van der Waals surface area contributed by atoms with E-state index in [2.05, 4.69) is 9.47 Å². The highest BCUT2D eigenvalue weighted by Gasteiger charge is 2.47. The predicted molar refractivity (Wildman–Crippen MR) is 50.8 cm³/mol. The van der Waals surface area contributed by atoms with Gasteiger partial charge in [-0.1, -0.05) is 0 Å². The lowest BCUT2D eigenvalue weighted by molar-refractivity contribution is -0.158. The van der Waals surface area contributed by atoms with Crippen LogP contribution in [0.2, 0.25) is 0 Å². The molecule has 0 fully saturated rings. The number of esters is 2. The molecule has 1 aliphatic rings.